The number of nitrogens with zero attached hydrogens (tertiary/aromatic N) is 3. The average Bonchev–Trinajstić information content (AvgIpc) is 2.68. The van der Waals surface area contributed by atoms with Gasteiger partial charge in [0.25, 0.3) is 5.91 Å². The Labute approximate surface area is 148 Å². The third-order valence-corrected chi connectivity index (χ3v) is 4.95. The van der Waals surface area contributed by atoms with Crippen LogP contribution in [0, 0.1) is 0 Å². The van der Waals surface area contributed by atoms with Gasteiger partial charge in [-0.2, -0.15) is 0 Å². The summed E-state index contributed by atoms with van der Waals surface area (Å²) < 4.78 is 4.74. The van der Waals surface area contributed by atoms with Gasteiger partial charge in [-0.15, -0.1) is 0 Å². The van der Waals surface area contributed by atoms with Gasteiger partial charge in [0.2, 0.25) is 0 Å². The molecule has 0 aliphatic carbocycles. The first kappa shape index (κ1) is 17.5. The molecule has 0 aromatic carbocycles. The molecule has 2 saturated heterocycles. The topological polar surface area (TPSA) is 74.8 Å². The summed E-state index contributed by atoms with van der Waals surface area (Å²) in [6.45, 7) is 3.11. The van der Waals surface area contributed by atoms with Gasteiger partial charge in [-0.3, -0.25) is 4.79 Å². The van der Waals surface area contributed by atoms with Crippen molar-refractivity contribution in [3.63, 3.8) is 0 Å². The van der Waals surface area contributed by atoms with Crippen LogP contribution in [0.25, 0.3) is 0 Å². The number of rotatable bonds is 3. The maximum atomic E-state index is 12.8. The van der Waals surface area contributed by atoms with E-state index in [-0.39, 0.29) is 18.0 Å². The number of methoxy groups -OCH3 is 1. The summed E-state index contributed by atoms with van der Waals surface area (Å²) in [4.78, 5) is 32.6. The molecule has 2 aliphatic rings. The minimum Gasteiger partial charge on any atom is -0.453 e. The molecule has 2 aliphatic heterocycles. The molecule has 2 fully saturated rings. The van der Waals surface area contributed by atoms with Gasteiger partial charge in [0.05, 0.1) is 12.7 Å². The Morgan fingerprint density at radius 3 is 2.56 bits per heavy atom. The molecule has 1 aromatic heterocycles. The molecule has 136 valence electrons. The Hall–Kier alpha value is -2.31. The van der Waals surface area contributed by atoms with Gasteiger partial charge in [-0.05, 0) is 44.2 Å². The van der Waals surface area contributed by atoms with Crippen LogP contribution in [-0.4, -0.2) is 61.2 Å². The van der Waals surface area contributed by atoms with Crippen molar-refractivity contribution in [2.45, 2.75) is 38.1 Å². The number of nitrogens with one attached hydrogen (secondary N) is 1. The van der Waals surface area contributed by atoms with Gasteiger partial charge < -0.3 is 19.9 Å². The van der Waals surface area contributed by atoms with Crippen LogP contribution in [0.15, 0.2) is 18.3 Å². The second-order valence-corrected chi connectivity index (χ2v) is 6.63. The lowest BCUT2D eigenvalue weighted by Gasteiger charge is -2.32. The van der Waals surface area contributed by atoms with E-state index in [9.17, 15) is 9.59 Å². The number of amides is 2. The van der Waals surface area contributed by atoms with E-state index in [4.69, 9.17) is 4.74 Å². The number of likely N-dealkylation sites (tertiary alicyclic amines) is 1. The van der Waals surface area contributed by atoms with Gasteiger partial charge >= 0.3 is 6.09 Å². The summed E-state index contributed by atoms with van der Waals surface area (Å²) in [5.41, 5.74) is 0.639. The molecule has 0 spiro atoms. The standard InChI is InChI=1S/C18H26N4O3/c1-25-18(24)22-12-7-14(8-13-22)20-17(23)15-6-5-9-19-16(15)21-10-3-2-4-11-21/h5-6,9,14H,2-4,7-8,10-13H2,1H3,(H,20,23). The van der Waals surface area contributed by atoms with Crippen molar-refractivity contribution in [3.05, 3.63) is 23.9 Å². The highest BCUT2D eigenvalue weighted by molar-refractivity contribution is 5.99. The van der Waals surface area contributed by atoms with Crippen molar-refractivity contribution >= 4 is 17.8 Å². The summed E-state index contributed by atoms with van der Waals surface area (Å²) in [5.74, 6) is 0.705. The summed E-state index contributed by atoms with van der Waals surface area (Å²) >= 11 is 0. The number of hydrogen-bond donors (Lipinski definition) is 1. The number of carbonyl (C=O) groups excluding carboxylic acids is 2. The third kappa shape index (κ3) is 4.21. The van der Waals surface area contributed by atoms with E-state index in [1.165, 1.54) is 13.5 Å². The molecule has 0 radical (unpaired) electrons. The predicted octanol–water partition coefficient (Wildman–Crippen LogP) is 2.03. The van der Waals surface area contributed by atoms with Crippen LogP contribution in [0.1, 0.15) is 42.5 Å². The summed E-state index contributed by atoms with van der Waals surface area (Å²) in [6.07, 6.45) is 6.44. The Bertz CT molecular complexity index is 608. The monoisotopic (exact) mass is 346 g/mol. The van der Waals surface area contributed by atoms with Crippen molar-refractivity contribution in [1.29, 1.82) is 0 Å². The molecule has 1 N–H and O–H groups in total. The molecule has 0 atom stereocenters. The van der Waals surface area contributed by atoms with Crippen molar-refractivity contribution in [3.8, 4) is 0 Å². The van der Waals surface area contributed by atoms with Crippen LogP contribution < -0.4 is 10.2 Å². The number of ether oxygens (including phenoxy) is 1. The second-order valence-electron chi connectivity index (χ2n) is 6.63. The molecule has 0 bridgehead atoms. The number of aromatic nitrogens is 1. The first-order valence-corrected chi connectivity index (χ1v) is 9.03. The van der Waals surface area contributed by atoms with Crippen LogP contribution >= 0.6 is 0 Å². The van der Waals surface area contributed by atoms with Crippen LogP contribution in [-0.2, 0) is 4.74 Å². The fourth-order valence-corrected chi connectivity index (χ4v) is 3.53. The number of piperidine rings is 2. The van der Waals surface area contributed by atoms with E-state index in [0.29, 0.717) is 18.7 Å². The Kier molecular flexibility index (Phi) is 5.73. The maximum Gasteiger partial charge on any atom is 0.409 e. The summed E-state index contributed by atoms with van der Waals surface area (Å²) in [5, 5.41) is 3.11. The Morgan fingerprint density at radius 2 is 1.88 bits per heavy atom. The quantitative estimate of drug-likeness (QED) is 0.906. The van der Waals surface area contributed by atoms with Gasteiger partial charge in [-0.25, -0.2) is 9.78 Å². The van der Waals surface area contributed by atoms with E-state index in [0.717, 1.165) is 44.6 Å². The van der Waals surface area contributed by atoms with E-state index in [1.54, 1.807) is 11.1 Å². The smallest absolute Gasteiger partial charge is 0.409 e. The van der Waals surface area contributed by atoms with Gasteiger partial charge in [0.15, 0.2) is 0 Å². The first-order valence-electron chi connectivity index (χ1n) is 9.03. The molecule has 0 saturated carbocycles. The van der Waals surface area contributed by atoms with E-state index >= 15 is 0 Å². The van der Waals surface area contributed by atoms with Gasteiger partial charge in [-0.1, -0.05) is 0 Å². The minimum absolute atomic E-state index is 0.0721. The first-order chi connectivity index (χ1) is 12.2. The third-order valence-electron chi connectivity index (χ3n) is 4.95. The average molecular weight is 346 g/mol. The fourth-order valence-electron chi connectivity index (χ4n) is 3.53. The van der Waals surface area contributed by atoms with Crippen molar-refractivity contribution in [1.82, 2.24) is 15.2 Å². The van der Waals surface area contributed by atoms with Crippen LogP contribution in [0.3, 0.4) is 0 Å². The summed E-state index contributed by atoms with van der Waals surface area (Å²) in [7, 11) is 1.39. The molecule has 1 aromatic rings. The lowest BCUT2D eigenvalue weighted by Crippen LogP contribution is -2.46. The molecule has 0 unspecified atom stereocenters. The van der Waals surface area contributed by atoms with Crippen LogP contribution in [0.2, 0.25) is 0 Å². The van der Waals surface area contributed by atoms with Crippen molar-refractivity contribution in [2.24, 2.45) is 0 Å². The van der Waals surface area contributed by atoms with Crippen molar-refractivity contribution < 1.29 is 14.3 Å². The maximum absolute atomic E-state index is 12.8. The van der Waals surface area contributed by atoms with Crippen molar-refractivity contribution in [2.75, 3.05) is 38.2 Å². The normalized spacial score (nSPS) is 18.8. The van der Waals surface area contributed by atoms with Gasteiger partial charge in [0, 0.05) is 38.4 Å². The molecule has 7 nitrogen and oxygen atoms in total. The SMILES string of the molecule is COC(=O)N1CCC(NC(=O)c2cccnc2N2CCCCC2)CC1. The Morgan fingerprint density at radius 1 is 1.16 bits per heavy atom. The zero-order valence-corrected chi connectivity index (χ0v) is 14.7. The molecule has 25 heavy (non-hydrogen) atoms. The Balaban J connectivity index is 1.61. The van der Waals surface area contributed by atoms with E-state index in [2.05, 4.69) is 15.2 Å². The highest BCUT2D eigenvalue weighted by Crippen LogP contribution is 2.22. The highest BCUT2D eigenvalue weighted by Gasteiger charge is 2.26. The minimum atomic E-state index is -0.301. The highest BCUT2D eigenvalue weighted by atomic mass is 16.5. The van der Waals surface area contributed by atoms with Crippen LogP contribution in [0.5, 0.6) is 0 Å². The molecule has 3 heterocycles. The molecule has 2 amide bonds. The lowest BCUT2D eigenvalue weighted by molar-refractivity contribution is 0.0892. The largest absolute Gasteiger partial charge is 0.453 e. The van der Waals surface area contributed by atoms with Gasteiger partial charge in [0.1, 0.15) is 5.82 Å². The predicted molar refractivity (Wildman–Crippen MR) is 94.8 cm³/mol. The molecule has 7 heteroatoms. The second kappa shape index (κ2) is 8.18. The molecule has 3 rings (SSSR count). The van der Waals surface area contributed by atoms with E-state index < -0.39 is 0 Å². The number of hydrogen-bond acceptors (Lipinski definition) is 5. The zero-order chi connectivity index (χ0) is 17.6. The summed E-state index contributed by atoms with van der Waals surface area (Å²) in [6, 6.07) is 3.72. The lowest BCUT2D eigenvalue weighted by atomic mass is 10.0. The van der Waals surface area contributed by atoms with E-state index in [1.807, 2.05) is 12.1 Å². The molecular formula is C18H26N4O3. The fraction of sp³-hybridized carbons (Fsp3) is 0.611. The number of pyridine rings is 1. The zero-order valence-electron chi connectivity index (χ0n) is 14.7. The number of carbonyl (C=O) groups is 2. The van der Waals surface area contributed by atoms with Crippen LogP contribution in [0.4, 0.5) is 10.6 Å². The molecular weight excluding hydrogens is 320 g/mol. The number of anilines is 1.